The van der Waals surface area contributed by atoms with Crippen molar-refractivity contribution in [3.05, 3.63) is 40.8 Å². The number of aryl methyl sites for hydroxylation is 1. The Morgan fingerprint density at radius 1 is 1.15 bits per heavy atom. The van der Waals surface area contributed by atoms with Crippen LogP contribution in [0.1, 0.15) is 22.2 Å². The molecular formula is C24H25N3O6S. The molecular weight excluding hydrogens is 458 g/mol. The Labute approximate surface area is 201 Å². The van der Waals surface area contributed by atoms with Crippen LogP contribution in [0.5, 0.6) is 23.0 Å². The van der Waals surface area contributed by atoms with E-state index in [2.05, 4.69) is 10.3 Å². The van der Waals surface area contributed by atoms with E-state index in [0.29, 0.717) is 39.4 Å². The van der Waals surface area contributed by atoms with E-state index in [0.717, 1.165) is 22.6 Å². The summed E-state index contributed by atoms with van der Waals surface area (Å²) in [5.41, 5.74) is 2.62. The number of likely N-dealkylation sites (N-methyl/N-ethyl adjacent to an activating group) is 1. The Hall–Kier alpha value is -3.79. The van der Waals surface area contributed by atoms with Crippen molar-refractivity contribution in [1.29, 1.82) is 0 Å². The first kappa shape index (κ1) is 23.4. The number of anilines is 2. The molecule has 1 aromatic heterocycles. The number of carbonyl (C=O) groups is 2. The standard InChI is InChI=1S/C24H25N3O6S/c1-6-19-21(13-7-8-16-15(9-13)27(2)20(28)12-33-16)25-24(34-19)26-23(29)14-10-17(30-3)22(32-5)18(11-14)31-4/h7-11H,6,12H2,1-5H3,(H,25,26,29). The summed E-state index contributed by atoms with van der Waals surface area (Å²) >= 11 is 1.40. The van der Waals surface area contributed by atoms with E-state index in [1.165, 1.54) is 32.7 Å². The summed E-state index contributed by atoms with van der Waals surface area (Å²) in [4.78, 5) is 32.3. The molecule has 0 saturated heterocycles. The highest BCUT2D eigenvalue weighted by molar-refractivity contribution is 7.16. The molecule has 1 N–H and O–H groups in total. The number of nitrogens with one attached hydrogen (secondary N) is 1. The van der Waals surface area contributed by atoms with Gasteiger partial charge in [-0.05, 0) is 36.8 Å². The van der Waals surface area contributed by atoms with Gasteiger partial charge in [0.05, 0.1) is 32.7 Å². The lowest BCUT2D eigenvalue weighted by Gasteiger charge is -2.26. The smallest absolute Gasteiger partial charge is 0.264 e. The third kappa shape index (κ3) is 4.24. The van der Waals surface area contributed by atoms with Crippen molar-refractivity contribution < 1.29 is 28.5 Å². The van der Waals surface area contributed by atoms with Crippen LogP contribution in [0.3, 0.4) is 0 Å². The van der Waals surface area contributed by atoms with Crippen molar-refractivity contribution in [2.24, 2.45) is 0 Å². The van der Waals surface area contributed by atoms with Crippen LogP contribution in [0.4, 0.5) is 10.8 Å². The van der Waals surface area contributed by atoms with E-state index in [1.807, 2.05) is 25.1 Å². The summed E-state index contributed by atoms with van der Waals surface area (Å²) < 4.78 is 21.5. The molecule has 1 aliphatic heterocycles. The lowest BCUT2D eigenvalue weighted by molar-refractivity contribution is -0.120. The van der Waals surface area contributed by atoms with Gasteiger partial charge in [0.2, 0.25) is 5.75 Å². The summed E-state index contributed by atoms with van der Waals surface area (Å²) in [6, 6.07) is 8.79. The second-order valence-electron chi connectivity index (χ2n) is 7.44. The maximum absolute atomic E-state index is 13.0. The number of carbonyl (C=O) groups excluding carboxylic acids is 2. The SMILES string of the molecule is CCc1sc(NC(=O)c2cc(OC)c(OC)c(OC)c2)nc1-c1ccc2c(c1)N(C)C(=O)CO2. The quantitative estimate of drug-likeness (QED) is 0.542. The van der Waals surface area contributed by atoms with Crippen LogP contribution in [0, 0.1) is 0 Å². The molecule has 0 radical (unpaired) electrons. The first-order valence-corrected chi connectivity index (χ1v) is 11.4. The van der Waals surface area contributed by atoms with Crippen LogP contribution < -0.4 is 29.2 Å². The molecule has 4 rings (SSSR count). The Morgan fingerprint density at radius 2 is 1.85 bits per heavy atom. The Balaban J connectivity index is 1.64. The van der Waals surface area contributed by atoms with Gasteiger partial charge in [-0.25, -0.2) is 4.98 Å². The highest BCUT2D eigenvalue weighted by Gasteiger charge is 2.24. The number of hydrogen-bond acceptors (Lipinski definition) is 8. The minimum atomic E-state index is -0.355. The summed E-state index contributed by atoms with van der Waals surface area (Å²) in [5, 5.41) is 3.33. The molecule has 2 aromatic carbocycles. The number of methoxy groups -OCH3 is 3. The maximum atomic E-state index is 13.0. The number of ether oxygens (including phenoxy) is 4. The minimum absolute atomic E-state index is 0.0247. The second-order valence-corrected chi connectivity index (χ2v) is 8.52. The number of fused-ring (bicyclic) bond motifs is 1. The van der Waals surface area contributed by atoms with Gasteiger partial charge in [-0.15, -0.1) is 11.3 Å². The van der Waals surface area contributed by atoms with Crippen LogP contribution in [-0.2, 0) is 11.2 Å². The topological polar surface area (TPSA) is 99.2 Å². The zero-order chi connectivity index (χ0) is 24.4. The molecule has 0 aliphatic carbocycles. The normalized spacial score (nSPS) is 12.6. The van der Waals surface area contributed by atoms with Crippen molar-refractivity contribution in [3.63, 3.8) is 0 Å². The molecule has 3 aromatic rings. The van der Waals surface area contributed by atoms with Crippen LogP contribution in [0.25, 0.3) is 11.3 Å². The molecule has 34 heavy (non-hydrogen) atoms. The summed E-state index contributed by atoms with van der Waals surface area (Å²) in [5.74, 6) is 1.36. The van der Waals surface area contributed by atoms with E-state index in [1.54, 1.807) is 24.1 Å². The van der Waals surface area contributed by atoms with Gasteiger partial charge in [0.15, 0.2) is 23.2 Å². The molecule has 2 amide bonds. The van der Waals surface area contributed by atoms with Gasteiger partial charge in [0.25, 0.3) is 11.8 Å². The number of amides is 2. The fourth-order valence-corrected chi connectivity index (χ4v) is 4.59. The van der Waals surface area contributed by atoms with Gasteiger partial charge in [-0.1, -0.05) is 6.92 Å². The fourth-order valence-electron chi connectivity index (χ4n) is 3.67. The largest absolute Gasteiger partial charge is 0.493 e. The minimum Gasteiger partial charge on any atom is -0.493 e. The molecule has 0 saturated carbocycles. The highest BCUT2D eigenvalue weighted by atomic mass is 32.1. The van der Waals surface area contributed by atoms with Crippen LogP contribution in [-0.4, -0.2) is 51.8 Å². The molecule has 0 atom stereocenters. The number of aromatic nitrogens is 1. The van der Waals surface area contributed by atoms with Crippen molar-refractivity contribution in [1.82, 2.24) is 4.98 Å². The van der Waals surface area contributed by atoms with E-state index < -0.39 is 0 Å². The van der Waals surface area contributed by atoms with Gasteiger partial charge in [0, 0.05) is 23.1 Å². The number of nitrogens with zero attached hydrogens (tertiary/aromatic N) is 2. The lowest BCUT2D eigenvalue weighted by Crippen LogP contribution is -2.35. The molecule has 9 nitrogen and oxygen atoms in total. The van der Waals surface area contributed by atoms with E-state index in [4.69, 9.17) is 18.9 Å². The Bertz CT molecular complexity index is 1230. The third-order valence-corrected chi connectivity index (χ3v) is 6.60. The van der Waals surface area contributed by atoms with Gasteiger partial charge < -0.3 is 23.8 Å². The Kier molecular flexibility index (Phi) is 6.60. The molecule has 0 fully saturated rings. The predicted molar refractivity (Wildman–Crippen MR) is 130 cm³/mol. The molecule has 0 bridgehead atoms. The zero-order valence-corrected chi connectivity index (χ0v) is 20.4. The monoisotopic (exact) mass is 483 g/mol. The number of thiazole rings is 1. The lowest BCUT2D eigenvalue weighted by atomic mass is 10.1. The maximum Gasteiger partial charge on any atom is 0.264 e. The van der Waals surface area contributed by atoms with Crippen LogP contribution >= 0.6 is 11.3 Å². The highest BCUT2D eigenvalue weighted by Crippen LogP contribution is 2.40. The molecule has 1 aliphatic rings. The van der Waals surface area contributed by atoms with Crippen molar-refractivity contribution in [2.45, 2.75) is 13.3 Å². The van der Waals surface area contributed by atoms with E-state index >= 15 is 0 Å². The van der Waals surface area contributed by atoms with E-state index in [9.17, 15) is 9.59 Å². The molecule has 0 spiro atoms. The van der Waals surface area contributed by atoms with Crippen LogP contribution in [0.2, 0.25) is 0 Å². The summed E-state index contributed by atoms with van der Waals surface area (Å²) in [6.07, 6.45) is 0.732. The Morgan fingerprint density at radius 3 is 2.47 bits per heavy atom. The summed E-state index contributed by atoms with van der Waals surface area (Å²) in [7, 11) is 6.21. The number of benzene rings is 2. The fraction of sp³-hybridized carbons (Fsp3) is 0.292. The van der Waals surface area contributed by atoms with Gasteiger partial charge in [-0.2, -0.15) is 0 Å². The summed E-state index contributed by atoms with van der Waals surface area (Å²) in [6.45, 7) is 2.05. The van der Waals surface area contributed by atoms with Gasteiger partial charge in [0.1, 0.15) is 5.75 Å². The second kappa shape index (κ2) is 9.60. The zero-order valence-electron chi connectivity index (χ0n) is 19.6. The molecule has 2 heterocycles. The predicted octanol–water partition coefficient (Wildman–Crippen LogP) is 4.01. The third-order valence-electron chi connectivity index (χ3n) is 5.48. The first-order chi connectivity index (χ1) is 16.4. The van der Waals surface area contributed by atoms with Crippen LogP contribution in [0.15, 0.2) is 30.3 Å². The van der Waals surface area contributed by atoms with Gasteiger partial charge >= 0.3 is 0 Å². The van der Waals surface area contributed by atoms with Crippen molar-refractivity contribution >= 4 is 34.0 Å². The van der Waals surface area contributed by atoms with Crippen molar-refractivity contribution in [3.8, 4) is 34.3 Å². The molecule has 178 valence electrons. The first-order valence-electron chi connectivity index (χ1n) is 10.5. The number of hydrogen-bond donors (Lipinski definition) is 1. The van der Waals surface area contributed by atoms with E-state index in [-0.39, 0.29) is 18.4 Å². The average molecular weight is 484 g/mol. The van der Waals surface area contributed by atoms with Crippen molar-refractivity contribution in [2.75, 3.05) is 45.2 Å². The van der Waals surface area contributed by atoms with Gasteiger partial charge in [-0.3, -0.25) is 14.9 Å². The molecule has 10 heteroatoms. The number of rotatable bonds is 7. The average Bonchev–Trinajstić information content (AvgIpc) is 3.27. The molecule has 0 unspecified atom stereocenters.